The summed E-state index contributed by atoms with van der Waals surface area (Å²) >= 11 is 4.05. The molecule has 1 atom stereocenters. The van der Waals surface area contributed by atoms with Crippen molar-refractivity contribution in [1.82, 2.24) is 5.32 Å². The van der Waals surface area contributed by atoms with Gasteiger partial charge in [0.2, 0.25) is 0 Å². The Balaban J connectivity index is 2.86. The summed E-state index contributed by atoms with van der Waals surface area (Å²) < 4.78 is 0. The maximum absolute atomic E-state index is 5.51. The Hall–Kier alpha value is 0.270. The molecule has 0 aliphatic carbocycles. The van der Waals surface area contributed by atoms with Crippen LogP contribution < -0.4 is 11.1 Å². The SMILES string of the molecule is CNC(N)CCCS. The third kappa shape index (κ3) is 4.43. The van der Waals surface area contributed by atoms with Crippen LogP contribution >= 0.6 is 12.6 Å². The second-order valence-corrected chi connectivity index (χ2v) is 2.21. The third-order valence-electron chi connectivity index (χ3n) is 1.04. The minimum Gasteiger partial charge on any atom is -0.316 e. The van der Waals surface area contributed by atoms with E-state index in [-0.39, 0.29) is 6.17 Å². The lowest BCUT2D eigenvalue weighted by molar-refractivity contribution is 0.537. The number of hydrogen-bond donors (Lipinski definition) is 3. The van der Waals surface area contributed by atoms with Gasteiger partial charge >= 0.3 is 0 Å². The maximum atomic E-state index is 5.51. The van der Waals surface area contributed by atoms with Gasteiger partial charge in [-0.15, -0.1) is 0 Å². The van der Waals surface area contributed by atoms with Crippen LogP contribution in [0.15, 0.2) is 0 Å². The van der Waals surface area contributed by atoms with Gasteiger partial charge in [-0.2, -0.15) is 12.6 Å². The van der Waals surface area contributed by atoms with E-state index in [4.69, 9.17) is 5.73 Å². The standard InChI is InChI=1S/C5H14N2S/c1-7-5(6)3-2-4-8/h5,7-8H,2-4,6H2,1H3. The van der Waals surface area contributed by atoms with E-state index in [1.807, 2.05) is 7.05 Å². The zero-order chi connectivity index (χ0) is 6.41. The molecule has 1 unspecified atom stereocenters. The summed E-state index contributed by atoms with van der Waals surface area (Å²) in [4.78, 5) is 0. The van der Waals surface area contributed by atoms with Crippen LogP contribution in [0, 0.1) is 0 Å². The van der Waals surface area contributed by atoms with Gasteiger partial charge < -0.3 is 11.1 Å². The lowest BCUT2D eigenvalue weighted by Crippen LogP contribution is -2.34. The second-order valence-electron chi connectivity index (χ2n) is 1.76. The summed E-state index contributed by atoms with van der Waals surface area (Å²) in [5, 5.41) is 2.94. The molecule has 3 heteroatoms. The molecule has 0 bridgehead atoms. The Morgan fingerprint density at radius 1 is 1.75 bits per heavy atom. The van der Waals surface area contributed by atoms with Crippen molar-refractivity contribution in [2.24, 2.45) is 5.73 Å². The average molecular weight is 134 g/mol. The van der Waals surface area contributed by atoms with Crippen LogP contribution in [0.2, 0.25) is 0 Å². The van der Waals surface area contributed by atoms with E-state index in [2.05, 4.69) is 17.9 Å². The molecule has 0 heterocycles. The van der Waals surface area contributed by atoms with Gasteiger partial charge in [-0.05, 0) is 25.6 Å². The Labute approximate surface area is 56.2 Å². The van der Waals surface area contributed by atoms with E-state index < -0.39 is 0 Å². The Morgan fingerprint density at radius 2 is 2.38 bits per heavy atom. The molecule has 0 aromatic carbocycles. The molecular formula is C5H14N2S. The monoisotopic (exact) mass is 134 g/mol. The first-order chi connectivity index (χ1) is 3.81. The molecule has 0 aliphatic rings. The van der Waals surface area contributed by atoms with Gasteiger partial charge in [0.1, 0.15) is 0 Å². The van der Waals surface area contributed by atoms with Gasteiger partial charge in [0.05, 0.1) is 6.17 Å². The van der Waals surface area contributed by atoms with Crippen molar-refractivity contribution in [2.45, 2.75) is 19.0 Å². The molecule has 0 aromatic heterocycles. The van der Waals surface area contributed by atoms with Crippen LogP contribution in [-0.2, 0) is 0 Å². The van der Waals surface area contributed by atoms with Crippen molar-refractivity contribution in [3.63, 3.8) is 0 Å². The highest BCUT2D eigenvalue weighted by Crippen LogP contribution is 1.91. The normalized spacial score (nSPS) is 13.9. The van der Waals surface area contributed by atoms with E-state index >= 15 is 0 Å². The summed E-state index contributed by atoms with van der Waals surface area (Å²) in [6, 6.07) is 0. The second kappa shape index (κ2) is 5.41. The van der Waals surface area contributed by atoms with Crippen molar-refractivity contribution in [2.75, 3.05) is 12.8 Å². The lowest BCUT2D eigenvalue weighted by atomic mass is 10.3. The fourth-order valence-electron chi connectivity index (χ4n) is 0.456. The molecule has 50 valence electrons. The van der Waals surface area contributed by atoms with Crippen LogP contribution in [0.5, 0.6) is 0 Å². The highest BCUT2D eigenvalue weighted by atomic mass is 32.1. The first-order valence-corrected chi connectivity index (χ1v) is 3.48. The predicted octanol–water partition coefficient (Wildman–Crippen LogP) is 0.201. The summed E-state index contributed by atoms with van der Waals surface area (Å²) in [5.74, 6) is 0.926. The molecule has 0 spiro atoms. The van der Waals surface area contributed by atoms with E-state index in [1.165, 1.54) is 0 Å². The minimum absolute atomic E-state index is 0.155. The highest BCUT2D eigenvalue weighted by molar-refractivity contribution is 7.80. The lowest BCUT2D eigenvalue weighted by Gasteiger charge is -2.06. The molecule has 0 saturated carbocycles. The smallest absolute Gasteiger partial charge is 0.0544 e. The van der Waals surface area contributed by atoms with Crippen LogP contribution in [-0.4, -0.2) is 19.0 Å². The molecule has 0 fully saturated rings. The molecule has 0 aromatic rings. The Kier molecular flexibility index (Phi) is 5.59. The first-order valence-electron chi connectivity index (χ1n) is 2.85. The summed E-state index contributed by atoms with van der Waals surface area (Å²) in [7, 11) is 1.86. The van der Waals surface area contributed by atoms with Gasteiger partial charge in [-0.3, -0.25) is 0 Å². The molecular weight excluding hydrogens is 120 g/mol. The fourth-order valence-corrected chi connectivity index (χ4v) is 0.638. The molecule has 0 radical (unpaired) electrons. The van der Waals surface area contributed by atoms with E-state index in [1.54, 1.807) is 0 Å². The van der Waals surface area contributed by atoms with Gasteiger partial charge in [-0.25, -0.2) is 0 Å². The number of thiol groups is 1. The van der Waals surface area contributed by atoms with E-state index in [9.17, 15) is 0 Å². The van der Waals surface area contributed by atoms with Crippen molar-refractivity contribution in [1.29, 1.82) is 0 Å². The van der Waals surface area contributed by atoms with Gasteiger partial charge in [0, 0.05) is 0 Å². The Morgan fingerprint density at radius 3 is 2.75 bits per heavy atom. The molecule has 3 N–H and O–H groups in total. The van der Waals surface area contributed by atoms with E-state index in [0.717, 1.165) is 18.6 Å². The number of nitrogens with one attached hydrogen (secondary N) is 1. The number of hydrogen-bond acceptors (Lipinski definition) is 3. The van der Waals surface area contributed by atoms with Crippen molar-refractivity contribution in [3.8, 4) is 0 Å². The predicted molar refractivity (Wildman–Crippen MR) is 40.1 cm³/mol. The van der Waals surface area contributed by atoms with Gasteiger partial charge in [-0.1, -0.05) is 0 Å². The van der Waals surface area contributed by atoms with Crippen molar-refractivity contribution >= 4 is 12.6 Å². The number of rotatable bonds is 4. The molecule has 0 amide bonds. The molecule has 0 aliphatic heterocycles. The minimum atomic E-state index is 0.155. The highest BCUT2D eigenvalue weighted by Gasteiger charge is 1.93. The van der Waals surface area contributed by atoms with Crippen molar-refractivity contribution in [3.05, 3.63) is 0 Å². The zero-order valence-corrected chi connectivity index (χ0v) is 6.12. The van der Waals surface area contributed by atoms with Crippen LogP contribution in [0.25, 0.3) is 0 Å². The van der Waals surface area contributed by atoms with Crippen molar-refractivity contribution < 1.29 is 0 Å². The van der Waals surface area contributed by atoms with Gasteiger partial charge in [0.15, 0.2) is 0 Å². The quantitative estimate of drug-likeness (QED) is 0.379. The molecule has 2 nitrogen and oxygen atoms in total. The number of nitrogens with two attached hydrogens (primary N) is 1. The van der Waals surface area contributed by atoms with Gasteiger partial charge in [0.25, 0.3) is 0 Å². The zero-order valence-electron chi connectivity index (χ0n) is 5.22. The van der Waals surface area contributed by atoms with Crippen LogP contribution in [0.4, 0.5) is 0 Å². The molecule has 8 heavy (non-hydrogen) atoms. The van der Waals surface area contributed by atoms with Crippen LogP contribution in [0.3, 0.4) is 0 Å². The maximum Gasteiger partial charge on any atom is 0.0544 e. The molecule has 0 rings (SSSR count). The fraction of sp³-hybridized carbons (Fsp3) is 1.00. The summed E-state index contributed by atoms with van der Waals surface area (Å²) in [6.45, 7) is 0. The summed E-state index contributed by atoms with van der Waals surface area (Å²) in [6.07, 6.45) is 2.26. The molecule has 0 saturated heterocycles. The first kappa shape index (κ1) is 8.27. The summed E-state index contributed by atoms with van der Waals surface area (Å²) in [5.41, 5.74) is 5.51. The topological polar surface area (TPSA) is 38.0 Å². The average Bonchev–Trinajstić information content (AvgIpc) is 1.83. The Bertz CT molecular complexity index is 49.7. The third-order valence-corrected chi connectivity index (χ3v) is 1.36. The largest absolute Gasteiger partial charge is 0.316 e. The van der Waals surface area contributed by atoms with E-state index in [0.29, 0.717) is 0 Å². The van der Waals surface area contributed by atoms with Crippen LogP contribution in [0.1, 0.15) is 12.8 Å².